The summed E-state index contributed by atoms with van der Waals surface area (Å²) in [5, 5.41) is 9.88. The van der Waals surface area contributed by atoms with Gasteiger partial charge >= 0.3 is 30.5 Å². The standard InChI is InChI=1S/C21H29F9O5/c1-6-18(21(28,29)30,9-11(2)14(31)34-12(3)19(22,23)24)15(32)35-16(4)8-7-13(10-16)17(5,33)20(25,26)27/h11-13,33H,6-10H2,1-5H3. The number of hydrogen-bond donors (Lipinski definition) is 1. The summed E-state index contributed by atoms with van der Waals surface area (Å²) < 4.78 is 129. The number of carbonyl (C=O) groups excluding carboxylic acids is 2. The summed E-state index contributed by atoms with van der Waals surface area (Å²) >= 11 is 0. The maximum absolute atomic E-state index is 14.1. The lowest BCUT2D eigenvalue weighted by atomic mass is 9.76. The molecule has 0 aromatic heterocycles. The van der Waals surface area contributed by atoms with Crippen molar-refractivity contribution in [2.45, 2.75) is 103 Å². The van der Waals surface area contributed by atoms with E-state index in [2.05, 4.69) is 4.74 Å². The lowest BCUT2D eigenvalue weighted by molar-refractivity contribution is -0.273. The van der Waals surface area contributed by atoms with Crippen LogP contribution in [-0.2, 0) is 19.1 Å². The van der Waals surface area contributed by atoms with Crippen LogP contribution in [0.3, 0.4) is 0 Å². The van der Waals surface area contributed by atoms with Crippen molar-refractivity contribution in [3.05, 3.63) is 0 Å². The van der Waals surface area contributed by atoms with Gasteiger partial charge in [0.1, 0.15) is 5.60 Å². The van der Waals surface area contributed by atoms with Gasteiger partial charge in [-0.2, -0.15) is 39.5 Å². The van der Waals surface area contributed by atoms with Crippen molar-refractivity contribution >= 4 is 11.9 Å². The van der Waals surface area contributed by atoms with Crippen LogP contribution in [0.4, 0.5) is 39.5 Å². The summed E-state index contributed by atoms with van der Waals surface area (Å²) in [4.78, 5) is 24.9. The molecule has 6 atom stereocenters. The first-order valence-corrected chi connectivity index (χ1v) is 10.8. The molecule has 1 saturated carbocycles. The van der Waals surface area contributed by atoms with E-state index < -0.39 is 84.3 Å². The van der Waals surface area contributed by atoms with Crippen molar-refractivity contribution in [1.29, 1.82) is 0 Å². The third-order valence-corrected chi connectivity index (χ3v) is 6.76. The van der Waals surface area contributed by atoms with Crippen LogP contribution in [0.15, 0.2) is 0 Å². The summed E-state index contributed by atoms with van der Waals surface area (Å²) in [6.07, 6.45) is -21.3. The first kappa shape index (κ1) is 31.3. The number of halogens is 9. The van der Waals surface area contributed by atoms with Crippen molar-refractivity contribution < 1.29 is 63.7 Å². The van der Waals surface area contributed by atoms with Crippen molar-refractivity contribution in [1.82, 2.24) is 0 Å². The van der Waals surface area contributed by atoms with Crippen molar-refractivity contribution in [2.24, 2.45) is 17.3 Å². The van der Waals surface area contributed by atoms with Gasteiger partial charge in [0.25, 0.3) is 0 Å². The average molecular weight is 532 g/mol. The Morgan fingerprint density at radius 1 is 1.03 bits per heavy atom. The van der Waals surface area contributed by atoms with Crippen LogP contribution in [0.5, 0.6) is 0 Å². The van der Waals surface area contributed by atoms with Gasteiger partial charge in [-0.25, -0.2) is 0 Å². The lowest BCUT2D eigenvalue weighted by Gasteiger charge is -2.38. The molecule has 1 aliphatic carbocycles. The zero-order valence-electron chi connectivity index (χ0n) is 19.7. The molecule has 1 fully saturated rings. The fourth-order valence-corrected chi connectivity index (χ4v) is 4.10. The number of aliphatic hydroxyl groups is 1. The average Bonchev–Trinajstić information content (AvgIpc) is 3.05. The Balaban J connectivity index is 3.14. The van der Waals surface area contributed by atoms with E-state index in [-0.39, 0.29) is 12.8 Å². The number of hydrogen-bond acceptors (Lipinski definition) is 5. The zero-order valence-corrected chi connectivity index (χ0v) is 19.7. The van der Waals surface area contributed by atoms with E-state index in [9.17, 15) is 54.2 Å². The highest BCUT2D eigenvalue weighted by Crippen LogP contribution is 2.51. The Hall–Kier alpha value is -1.73. The van der Waals surface area contributed by atoms with Crippen LogP contribution in [0.2, 0.25) is 0 Å². The van der Waals surface area contributed by atoms with Gasteiger partial charge in [-0.05, 0) is 52.9 Å². The predicted molar refractivity (Wildman–Crippen MR) is 103 cm³/mol. The number of ether oxygens (including phenoxy) is 2. The molecule has 0 aromatic carbocycles. The molecule has 0 amide bonds. The van der Waals surface area contributed by atoms with Crippen LogP contribution >= 0.6 is 0 Å². The summed E-state index contributed by atoms with van der Waals surface area (Å²) in [7, 11) is 0. The minimum Gasteiger partial charge on any atom is -0.459 e. The van der Waals surface area contributed by atoms with Gasteiger partial charge in [0, 0.05) is 5.92 Å². The number of esters is 2. The quantitative estimate of drug-likeness (QED) is 0.312. The predicted octanol–water partition coefficient (Wildman–Crippen LogP) is 5.88. The Morgan fingerprint density at radius 2 is 1.54 bits per heavy atom. The van der Waals surface area contributed by atoms with Crippen molar-refractivity contribution in [3.8, 4) is 0 Å². The Kier molecular flexibility index (Phi) is 8.91. The SMILES string of the molecule is CCC(CC(C)C(=O)OC(C)C(F)(F)F)(C(=O)OC1(C)CCC(C(C)(O)C(F)(F)F)C1)C(F)(F)F. The first-order valence-electron chi connectivity index (χ1n) is 10.8. The van der Waals surface area contributed by atoms with Gasteiger partial charge in [0.15, 0.2) is 17.1 Å². The smallest absolute Gasteiger partial charge is 0.425 e. The fraction of sp³-hybridized carbons (Fsp3) is 0.905. The Bertz CT molecular complexity index is 775. The van der Waals surface area contributed by atoms with E-state index in [0.29, 0.717) is 13.8 Å². The monoisotopic (exact) mass is 532 g/mol. The topological polar surface area (TPSA) is 72.8 Å². The molecular weight excluding hydrogens is 503 g/mol. The number of rotatable bonds is 8. The van der Waals surface area contributed by atoms with Crippen LogP contribution in [-0.4, -0.2) is 52.9 Å². The third-order valence-electron chi connectivity index (χ3n) is 6.76. The molecule has 1 N–H and O–H groups in total. The molecule has 6 unspecified atom stereocenters. The van der Waals surface area contributed by atoms with Crippen LogP contribution < -0.4 is 0 Å². The molecule has 0 heterocycles. The van der Waals surface area contributed by atoms with Gasteiger partial charge < -0.3 is 14.6 Å². The second-order valence-corrected chi connectivity index (χ2v) is 9.58. The molecule has 206 valence electrons. The van der Waals surface area contributed by atoms with Crippen molar-refractivity contribution in [2.75, 3.05) is 0 Å². The largest absolute Gasteiger partial charge is 0.459 e. The zero-order chi connectivity index (χ0) is 27.8. The maximum Gasteiger partial charge on any atom is 0.425 e. The van der Waals surface area contributed by atoms with E-state index in [4.69, 9.17) is 4.74 Å². The minimum absolute atomic E-state index is 0.270. The molecule has 5 nitrogen and oxygen atoms in total. The highest BCUT2D eigenvalue weighted by molar-refractivity contribution is 5.80. The minimum atomic E-state index is -5.31. The number of alkyl halides is 9. The molecule has 0 aliphatic heterocycles. The molecule has 0 spiro atoms. The normalized spacial score (nSPS) is 26.9. The van der Waals surface area contributed by atoms with Crippen LogP contribution in [0.25, 0.3) is 0 Å². The fourth-order valence-electron chi connectivity index (χ4n) is 4.10. The summed E-state index contributed by atoms with van der Waals surface area (Å²) in [5.41, 5.74) is -8.28. The summed E-state index contributed by atoms with van der Waals surface area (Å²) in [6.45, 7) is 3.97. The molecular formula is C21H29F9O5. The second-order valence-electron chi connectivity index (χ2n) is 9.58. The summed E-state index contributed by atoms with van der Waals surface area (Å²) in [5.74, 6) is -6.74. The highest BCUT2D eigenvalue weighted by Gasteiger charge is 2.63. The van der Waals surface area contributed by atoms with Gasteiger partial charge in [-0.1, -0.05) is 13.8 Å². The van der Waals surface area contributed by atoms with E-state index in [1.165, 1.54) is 0 Å². The summed E-state index contributed by atoms with van der Waals surface area (Å²) in [6, 6.07) is 0. The lowest BCUT2D eigenvalue weighted by Crippen LogP contribution is -2.51. The molecule has 0 bridgehead atoms. The molecule has 0 radical (unpaired) electrons. The van der Waals surface area contributed by atoms with E-state index in [0.717, 1.165) is 20.8 Å². The molecule has 0 saturated heterocycles. The second kappa shape index (κ2) is 9.97. The molecule has 1 aliphatic rings. The molecule has 35 heavy (non-hydrogen) atoms. The van der Waals surface area contributed by atoms with Gasteiger partial charge in [0.05, 0.1) is 5.92 Å². The molecule has 14 heteroatoms. The van der Waals surface area contributed by atoms with Crippen LogP contribution in [0, 0.1) is 17.3 Å². The first-order chi connectivity index (χ1) is 15.4. The third kappa shape index (κ3) is 6.73. The van der Waals surface area contributed by atoms with Crippen LogP contribution in [0.1, 0.15) is 66.7 Å². The van der Waals surface area contributed by atoms with E-state index in [1.807, 2.05) is 0 Å². The maximum atomic E-state index is 14.1. The highest BCUT2D eigenvalue weighted by atomic mass is 19.4. The Morgan fingerprint density at radius 3 is 1.94 bits per heavy atom. The van der Waals surface area contributed by atoms with Gasteiger partial charge in [-0.15, -0.1) is 0 Å². The van der Waals surface area contributed by atoms with E-state index in [1.54, 1.807) is 0 Å². The number of carbonyl (C=O) groups is 2. The van der Waals surface area contributed by atoms with Gasteiger partial charge in [0.2, 0.25) is 0 Å². The molecule has 0 aromatic rings. The van der Waals surface area contributed by atoms with Crippen molar-refractivity contribution in [3.63, 3.8) is 0 Å². The Labute approximate surface area is 196 Å². The molecule has 1 rings (SSSR count). The van der Waals surface area contributed by atoms with Gasteiger partial charge in [-0.3, -0.25) is 9.59 Å². The van der Waals surface area contributed by atoms with E-state index >= 15 is 0 Å².